The number of alkyl halides is 2. The molecule has 0 aliphatic rings. The van der Waals surface area contributed by atoms with E-state index in [1.165, 1.54) is 0 Å². The van der Waals surface area contributed by atoms with Gasteiger partial charge in [0.2, 0.25) is 0 Å². The Bertz CT molecular complexity index is 197. The standard InChI is InChI=1S/C7H6O.C2H4Cl2/c8-6-7-4-2-1-3-5-7;3-1-2-4/h1-6H;1-2H2. The molecule has 0 atom stereocenters. The zero-order valence-electron chi connectivity index (χ0n) is 6.54. The first-order chi connectivity index (χ1) is 5.85. The zero-order chi connectivity index (χ0) is 9.23. The Morgan fingerprint density at radius 3 is 1.83 bits per heavy atom. The van der Waals surface area contributed by atoms with Crippen LogP contribution in [0.5, 0.6) is 0 Å². The molecule has 1 rings (SSSR count). The molecule has 0 aliphatic carbocycles. The lowest BCUT2D eigenvalue weighted by Crippen LogP contribution is -1.73. The van der Waals surface area contributed by atoms with Gasteiger partial charge < -0.3 is 0 Å². The van der Waals surface area contributed by atoms with Crippen LogP contribution in [0.25, 0.3) is 0 Å². The first-order valence-corrected chi connectivity index (χ1v) is 4.54. The van der Waals surface area contributed by atoms with Crippen LogP contribution in [0, 0.1) is 0 Å². The smallest absolute Gasteiger partial charge is 0.150 e. The van der Waals surface area contributed by atoms with E-state index in [1.54, 1.807) is 12.1 Å². The molecule has 1 nitrogen and oxygen atoms in total. The number of hydrogen-bond donors (Lipinski definition) is 0. The van der Waals surface area contributed by atoms with E-state index in [9.17, 15) is 4.79 Å². The average Bonchev–Trinajstić information content (AvgIpc) is 2.19. The topological polar surface area (TPSA) is 17.1 Å². The third-order valence-corrected chi connectivity index (χ3v) is 1.58. The van der Waals surface area contributed by atoms with Crippen molar-refractivity contribution >= 4 is 29.5 Å². The SMILES string of the molecule is ClCCCl.O=Cc1ccccc1. The number of halogens is 2. The highest BCUT2D eigenvalue weighted by Crippen LogP contribution is 1.91. The minimum atomic E-state index is 0.557. The van der Waals surface area contributed by atoms with Crippen molar-refractivity contribution in [3.8, 4) is 0 Å². The van der Waals surface area contributed by atoms with E-state index in [2.05, 4.69) is 0 Å². The van der Waals surface area contributed by atoms with E-state index >= 15 is 0 Å². The summed E-state index contributed by atoms with van der Waals surface area (Å²) in [7, 11) is 0. The van der Waals surface area contributed by atoms with Crippen molar-refractivity contribution < 1.29 is 4.79 Å². The number of hydrogen-bond acceptors (Lipinski definition) is 1. The molecule has 0 bridgehead atoms. The summed E-state index contributed by atoms with van der Waals surface area (Å²) in [5, 5.41) is 0. The molecular weight excluding hydrogens is 195 g/mol. The van der Waals surface area contributed by atoms with Crippen LogP contribution < -0.4 is 0 Å². The molecular formula is C9H10Cl2O. The van der Waals surface area contributed by atoms with E-state index < -0.39 is 0 Å². The molecule has 0 radical (unpaired) electrons. The number of carbonyl (C=O) groups is 1. The maximum Gasteiger partial charge on any atom is 0.150 e. The van der Waals surface area contributed by atoms with Gasteiger partial charge in [-0.25, -0.2) is 0 Å². The molecule has 0 amide bonds. The van der Waals surface area contributed by atoms with E-state index in [-0.39, 0.29) is 0 Å². The quantitative estimate of drug-likeness (QED) is 0.535. The maximum atomic E-state index is 10.0. The van der Waals surface area contributed by atoms with Gasteiger partial charge in [-0.2, -0.15) is 0 Å². The molecule has 0 saturated heterocycles. The molecule has 1 aromatic carbocycles. The lowest BCUT2D eigenvalue weighted by molar-refractivity contribution is 0.112. The summed E-state index contributed by atoms with van der Waals surface area (Å²) in [6.07, 6.45) is 0.833. The van der Waals surface area contributed by atoms with E-state index in [0.29, 0.717) is 11.8 Å². The highest BCUT2D eigenvalue weighted by molar-refractivity contribution is 6.25. The zero-order valence-corrected chi connectivity index (χ0v) is 8.05. The Balaban J connectivity index is 0.000000261. The summed E-state index contributed by atoms with van der Waals surface area (Å²) < 4.78 is 0. The summed E-state index contributed by atoms with van der Waals surface area (Å²) in [6, 6.07) is 9.10. The molecule has 12 heavy (non-hydrogen) atoms. The Kier molecular flexibility index (Phi) is 8.19. The Morgan fingerprint density at radius 1 is 1.08 bits per heavy atom. The average molecular weight is 205 g/mol. The number of rotatable bonds is 2. The largest absolute Gasteiger partial charge is 0.298 e. The predicted molar refractivity (Wildman–Crippen MR) is 53.3 cm³/mol. The van der Waals surface area contributed by atoms with Crippen LogP contribution in [0.1, 0.15) is 10.4 Å². The van der Waals surface area contributed by atoms with E-state index in [0.717, 1.165) is 11.8 Å². The molecule has 1 aromatic rings. The van der Waals surface area contributed by atoms with Gasteiger partial charge in [0.15, 0.2) is 0 Å². The number of benzene rings is 1. The summed E-state index contributed by atoms with van der Waals surface area (Å²) in [4.78, 5) is 10.0. The summed E-state index contributed by atoms with van der Waals surface area (Å²) in [6.45, 7) is 0. The minimum absolute atomic E-state index is 0.557. The van der Waals surface area contributed by atoms with Crippen molar-refractivity contribution in [1.29, 1.82) is 0 Å². The fraction of sp³-hybridized carbons (Fsp3) is 0.222. The Morgan fingerprint density at radius 2 is 1.58 bits per heavy atom. The second-order valence-corrected chi connectivity index (χ2v) is 2.66. The summed E-state index contributed by atoms with van der Waals surface area (Å²) in [5.41, 5.74) is 0.729. The number of carbonyl (C=O) groups excluding carboxylic acids is 1. The second-order valence-electron chi connectivity index (χ2n) is 1.91. The summed E-state index contributed by atoms with van der Waals surface area (Å²) >= 11 is 10.1. The van der Waals surface area contributed by atoms with Crippen LogP contribution in [-0.4, -0.2) is 18.0 Å². The molecule has 3 heteroatoms. The second kappa shape index (κ2) is 8.57. The van der Waals surface area contributed by atoms with Crippen molar-refractivity contribution in [2.45, 2.75) is 0 Å². The molecule has 0 heterocycles. The first kappa shape index (κ1) is 11.5. The molecule has 0 aromatic heterocycles. The molecule has 0 aliphatic heterocycles. The van der Waals surface area contributed by atoms with Gasteiger partial charge >= 0.3 is 0 Å². The summed E-state index contributed by atoms with van der Waals surface area (Å²) in [5.74, 6) is 1.11. The molecule has 0 unspecified atom stereocenters. The van der Waals surface area contributed by atoms with E-state index in [1.807, 2.05) is 18.2 Å². The van der Waals surface area contributed by atoms with Gasteiger partial charge in [0.25, 0.3) is 0 Å². The van der Waals surface area contributed by atoms with Crippen molar-refractivity contribution in [1.82, 2.24) is 0 Å². The fourth-order valence-corrected chi connectivity index (χ4v) is 0.532. The van der Waals surface area contributed by atoms with Gasteiger partial charge in [0.05, 0.1) is 0 Å². The fourth-order valence-electron chi connectivity index (χ4n) is 0.532. The maximum absolute atomic E-state index is 10.0. The lowest BCUT2D eigenvalue weighted by Gasteiger charge is -1.81. The normalized spacial score (nSPS) is 8.17. The Hall–Kier alpha value is -0.530. The highest BCUT2D eigenvalue weighted by Gasteiger charge is 1.79. The van der Waals surface area contributed by atoms with Crippen molar-refractivity contribution in [2.75, 3.05) is 11.8 Å². The van der Waals surface area contributed by atoms with Gasteiger partial charge in [0, 0.05) is 17.3 Å². The molecule has 66 valence electrons. The Labute approximate surface area is 82.3 Å². The van der Waals surface area contributed by atoms with Crippen molar-refractivity contribution in [3.63, 3.8) is 0 Å². The minimum Gasteiger partial charge on any atom is -0.298 e. The molecule has 0 N–H and O–H groups in total. The van der Waals surface area contributed by atoms with E-state index in [4.69, 9.17) is 23.2 Å². The van der Waals surface area contributed by atoms with Gasteiger partial charge in [-0.1, -0.05) is 30.3 Å². The van der Waals surface area contributed by atoms with Crippen molar-refractivity contribution in [2.24, 2.45) is 0 Å². The van der Waals surface area contributed by atoms with Gasteiger partial charge in [-0.05, 0) is 0 Å². The molecule has 0 fully saturated rings. The molecule has 0 spiro atoms. The third-order valence-electron chi connectivity index (χ3n) is 1.01. The van der Waals surface area contributed by atoms with Crippen LogP contribution in [0.2, 0.25) is 0 Å². The highest BCUT2D eigenvalue weighted by atomic mass is 35.5. The van der Waals surface area contributed by atoms with Crippen LogP contribution >= 0.6 is 23.2 Å². The van der Waals surface area contributed by atoms with Crippen molar-refractivity contribution in [3.05, 3.63) is 35.9 Å². The molecule has 0 saturated carbocycles. The third kappa shape index (κ3) is 6.20. The number of aldehydes is 1. The van der Waals surface area contributed by atoms with Crippen LogP contribution in [0.3, 0.4) is 0 Å². The van der Waals surface area contributed by atoms with Crippen LogP contribution in [0.4, 0.5) is 0 Å². The predicted octanol–water partition coefficient (Wildman–Crippen LogP) is 2.96. The monoisotopic (exact) mass is 204 g/mol. The van der Waals surface area contributed by atoms with Gasteiger partial charge in [0.1, 0.15) is 6.29 Å². The van der Waals surface area contributed by atoms with Gasteiger partial charge in [-0.15, -0.1) is 23.2 Å². The lowest BCUT2D eigenvalue weighted by atomic mass is 10.2. The van der Waals surface area contributed by atoms with Crippen LogP contribution in [-0.2, 0) is 0 Å². The van der Waals surface area contributed by atoms with Crippen LogP contribution in [0.15, 0.2) is 30.3 Å². The first-order valence-electron chi connectivity index (χ1n) is 3.47. The van der Waals surface area contributed by atoms with Gasteiger partial charge in [-0.3, -0.25) is 4.79 Å².